The quantitative estimate of drug-likeness (QED) is 0.0656. The van der Waals surface area contributed by atoms with Gasteiger partial charge in [0.25, 0.3) is 5.91 Å². The molecule has 1 aliphatic heterocycles. The number of aromatic nitrogens is 5. The zero-order chi connectivity index (χ0) is 40.4. The zero-order valence-corrected chi connectivity index (χ0v) is 35.1. The third kappa shape index (κ3) is 6.64. The highest BCUT2D eigenvalue weighted by Crippen LogP contribution is 2.45. The fraction of sp³-hybridized carbons (Fsp3) is 0.289. The summed E-state index contributed by atoms with van der Waals surface area (Å²) in [6, 6.07) is 19.6. The number of benzene rings is 3. The molecule has 3 N–H and O–H groups in total. The maximum atomic E-state index is 15.3. The van der Waals surface area contributed by atoms with Gasteiger partial charge in [0, 0.05) is 70.9 Å². The first-order chi connectivity index (χ1) is 27.2. The summed E-state index contributed by atoms with van der Waals surface area (Å²) in [5, 5.41) is 6.76. The number of hydrogen-bond acceptors (Lipinski definition) is 4. The molecule has 8 rings (SSSR count). The van der Waals surface area contributed by atoms with Gasteiger partial charge in [-0.25, -0.2) is 9.98 Å². The fourth-order valence-electron chi connectivity index (χ4n) is 8.53. The predicted octanol–water partition coefficient (Wildman–Crippen LogP) is 9.47. The van der Waals surface area contributed by atoms with Crippen LogP contribution in [0.2, 0.25) is 10.0 Å². The number of halogens is 2. The van der Waals surface area contributed by atoms with Crippen molar-refractivity contribution in [3.05, 3.63) is 122 Å². The smallest absolute Gasteiger partial charge is 0.275 e. The van der Waals surface area contributed by atoms with E-state index in [1.807, 2.05) is 105 Å². The van der Waals surface area contributed by atoms with Crippen LogP contribution in [0.15, 0.2) is 71.9 Å². The zero-order valence-electron chi connectivity index (χ0n) is 33.6. The molecule has 0 aliphatic carbocycles. The van der Waals surface area contributed by atoms with Gasteiger partial charge in [0.1, 0.15) is 17.3 Å². The maximum absolute atomic E-state index is 15.3. The summed E-state index contributed by atoms with van der Waals surface area (Å²) in [6.45, 7) is 13.2. The number of carbonyl (C=O) groups excluding carboxylic acids is 1. The molecule has 57 heavy (non-hydrogen) atoms. The molecule has 0 radical (unpaired) electrons. The number of fused-ring (bicyclic) bond motifs is 4. The van der Waals surface area contributed by atoms with Crippen LogP contribution < -0.4 is 20.1 Å². The van der Waals surface area contributed by atoms with E-state index >= 15 is 4.79 Å². The van der Waals surface area contributed by atoms with Crippen molar-refractivity contribution >= 4 is 68.3 Å². The molecule has 1 atom stereocenters. The summed E-state index contributed by atoms with van der Waals surface area (Å²) >= 11 is 13.6. The second-order valence-electron chi connectivity index (χ2n) is 15.4. The summed E-state index contributed by atoms with van der Waals surface area (Å²) < 4.78 is 12.6. The average molecular weight is 803 g/mol. The Morgan fingerprint density at radius 2 is 1.77 bits per heavy atom. The standard InChI is InChI=1S/C45H46Cl2N8O2/c1-24-19-31(20-25(2)41(24)47)57-18-10-12-32-33-15-16-35(46)40(39-28(5)51-53(8)29(39)6)42(33)55-27(4)22-54(45(56)43(32)55)37-23-52(7)36-17-14-30(21-34(36)37)44(48)50-38-13-9-11-26(3)49-38/h9,11,13-17,19-21,23,27H,10,12,18,22H2,1-8H3,(H2,48,49,50)/p+1/t27-/m1/s1. The number of ether oxygens (including phenoxy) is 1. The van der Waals surface area contributed by atoms with Gasteiger partial charge in [-0.05, 0) is 113 Å². The SMILES string of the molecule is Cc1cccc(/N=C(\N)c2ccc3c(c2)c(N2C[C@@H](C)n4c(c(CCCOc5cc(C)c(Cl)c(C)c5)c5ccc(Cl)c(-c6c(C)[nH][n+](C)c6C)c54)C2=O)cn3C)n1. The van der Waals surface area contributed by atoms with Gasteiger partial charge in [-0.3, -0.25) is 4.79 Å². The molecule has 3 aromatic carbocycles. The van der Waals surface area contributed by atoms with Gasteiger partial charge in [-0.15, -0.1) is 4.68 Å². The molecule has 1 amide bonds. The van der Waals surface area contributed by atoms with Crippen LogP contribution in [0.1, 0.15) is 69.2 Å². The van der Waals surface area contributed by atoms with Crippen molar-refractivity contribution < 1.29 is 14.2 Å². The number of aliphatic imine (C=N–C) groups is 1. The number of aromatic amines is 1. The summed E-state index contributed by atoms with van der Waals surface area (Å²) in [6.07, 6.45) is 3.34. The highest BCUT2D eigenvalue weighted by atomic mass is 35.5. The molecule has 0 fully saturated rings. The number of nitrogens with one attached hydrogen (secondary N) is 1. The number of H-pyrrole nitrogens is 1. The van der Waals surface area contributed by atoms with E-state index in [-0.39, 0.29) is 11.9 Å². The van der Waals surface area contributed by atoms with Gasteiger partial charge in [0.05, 0.1) is 34.1 Å². The van der Waals surface area contributed by atoms with Crippen LogP contribution in [0.5, 0.6) is 5.75 Å². The molecule has 5 heterocycles. The number of hydrogen-bond donors (Lipinski definition) is 2. The van der Waals surface area contributed by atoms with Gasteiger partial charge < -0.3 is 24.5 Å². The Labute approximate surface area is 342 Å². The Morgan fingerprint density at radius 1 is 1.02 bits per heavy atom. The normalized spacial score (nSPS) is 14.6. The molecule has 7 aromatic rings. The van der Waals surface area contributed by atoms with E-state index in [0.717, 1.165) is 88.7 Å². The molecule has 0 spiro atoms. The Morgan fingerprint density at radius 3 is 2.47 bits per heavy atom. The number of aryl methyl sites for hydroxylation is 7. The summed E-state index contributed by atoms with van der Waals surface area (Å²) in [4.78, 5) is 26.3. The summed E-state index contributed by atoms with van der Waals surface area (Å²) in [7, 11) is 4.00. The Kier molecular flexibility index (Phi) is 9.90. The molecule has 0 saturated heterocycles. The number of amides is 1. The molecule has 4 aromatic heterocycles. The number of nitrogens with two attached hydrogens (primary N) is 1. The summed E-state index contributed by atoms with van der Waals surface area (Å²) in [5.74, 6) is 1.61. The van der Waals surface area contributed by atoms with Gasteiger partial charge >= 0.3 is 0 Å². The molecule has 0 saturated carbocycles. The maximum Gasteiger partial charge on any atom is 0.275 e. The number of pyridine rings is 1. The second-order valence-corrected chi connectivity index (χ2v) is 16.1. The van der Waals surface area contributed by atoms with Gasteiger partial charge in [-0.2, -0.15) is 5.10 Å². The molecule has 292 valence electrons. The third-order valence-corrected chi connectivity index (χ3v) is 12.2. The highest BCUT2D eigenvalue weighted by molar-refractivity contribution is 6.35. The van der Waals surface area contributed by atoms with Crippen molar-refractivity contribution in [2.75, 3.05) is 18.1 Å². The van der Waals surface area contributed by atoms with Crippen LogP contribution in [-0.2, 0) is 20.5 Å². The van der Waals surface area contributed by atoms with E-state index in [9.17, 15) is 0 Å². The van der Waals surface area contributed by atoms with Crippen molar-refractivity contribution in [3.63, 3.8) is 0 Å². The van der Waals surface area contributed by atoms with Gasteiger partial charge in [0.15, 0.2) is 12.9 Å². The number of rotatable bonds is 9. The second kappa shape index (κ2) is 14.7. The lowest BCUT2D eigenvalue weighted by Crippen LogP contribution is -2.42. The molecule has 10 nitrogen and oxygen atoms in total. The van der Waals surface area contributed by atoms with E-state index in [0.29, 0.717) is 48.4 Å². The predicted molar refractivity (Wildman–Crippen MR) is 231 cm³/mol. The first-order valence-electron chi connectivity index (χ1n) is 19.2. The van der Waals surface area contributed by atoms with Crippen LogP contribution in [0.3, 0.4) is 0 Å². The first kappa shape index (κ1) is 38.3. The minimum atomic E-state index is -0.0896. The topological polar surface area (TPSA) is 110 Å². The minimum Gasteiger partial charge on any atom is -0.494 e. The summed E-state index contributed by atoms with van der Waals surface area (Å²) in [5.41, 5.74) is 18.6. The highest BCUT2D eigenvalue weighted by Gasteiger charge is 2.38. The van der Waals surface area contributed by atoms with E-state index in [1.54, 1.807) is 0 Å². The molecule has 12 heteroatoms. The number of amidine groups is 1. The largest absolute Gasteiger partial charge is 0.494 e. The van der Waals surface area contributed by atoms with Crippen molar-refractivity contribution in [1.29, 1.82) is 0 Å². The Balaban J connectivity index is 1.24. The molecule has 0 bridgehead atoms. The molecule has 1 aliphatic rings. The van der Waals surface area contributed by atoms with Gasteiger partial charge in [0.2, 0.25) is 5.69 Å². The number of carbonyl (C=O) groups is 1. The van der Waals surface area contributed by atoms with Crippen molar-refractivity contribution in [3.8, 4) is 16.9 Å². The van der Waals surface area contributed by atoms with Crippen LogP contribution >= 0.6 is 23.2 Å². The lowest BCUT2D eigenvalue weighted by molar-refractivity contribution is -0.732. The van der Waals surface area contributed by atoms with Crippen LogP contribution in [0.4, 0.5) is 11.5 Å². The van der Waals surface area contributed by atoms with E-state index in [4.69, 9.17) is 33.7 Å². The third-order valence-electron chi connectivity index (χ3n) is 11.3. The number of anilines is 1. The lowest BCUT2D eigenvalue weighted by Gasteiger charge is -2.34. The van der Waals surface area contributed by atoms with E-state index in [1.165, 1.54) is 0 Å². The fourth-order valence-corrected chi connectivity index (χ4v) is 8.88. The van der Waals surface area contributed by atoms with Crippen molar-refractivity contribution in [2.45, 2.75) is 60.4 Å². The van der Waals surface area contributed by atoms with E-state index in [2.05, 4.69) is 51.0 Å². The molecular weight excluding hydrogens is 755 g/mol. The van der Waals surface area contributed by atoms with Crippen molar-refractivity contribution in [1.82, 2.24) is 19.2 Å². The number of nitrogens with zero attached hydrogens (tertiary/aromatic N) is 6. The van der Waals surface area contributed by atoms with Crippen LogP contribution in [0.25, 0.3) is 32.9 Å². The average Bonchev–Trinajstić information content (AvgIpc) is 3.77. The molecular formula is C45H47Cl2N8O2+. The van der Waals surface area contributed by atoms with Crippen LogP contribution in [-0.4, -0.2) is 44.1 Å². The molecule has 0 unspecified atom stereocenters. The van der Waals surface area contributed by atoms with E-state index < -0.39 is 0 Å². The van der Waals surface area contributed by atoms with Crippen LogP contribution in [0, 0.1) is 34.6 Å². The first-order valence-corrected chi connectivity index (χ1v) is 20.0. The Hall–Kier alpha value is -5.58. The monoisotopic (exact) mass is 801 g/mol. The lowest BCUT2D eigenvalue weighted by atomic mass is 9.98. The van der Waals surface area contributed by atoms with Crippen molar-refractivity contribution in [2.24, 2.45) is 24.8 Å². The van der Waals surface area contributed by atoms with Gasteiger partial charge in [-0.1, -0.05) is 35.3 Å². The Bertz CT molecular complexity index is 2770. The minimum absolute atomic E-state index is 0.0668.